The highest BCUT2D eigenvalue weighted by Gasteiger charge is 2.23. The number of nitrogens with zero attached hydrogens (tertiary/aromatic N) is 3. The first kappa shape index (κ1) is 18.3. The maximum atomic E-state index is 12.6. The molecular weight excluding hydrogens is 348 g/mol. The second-order valence-corrected chi connectivity index (χ2v) is 6.93. The van der Waals surface area contributed by atoms with Crippen molar-refractivity contribution in [3.05, 3.63) is 53.7 Å². The number of thiophene rings is 1. The van der Waals surface area contributed by atoms with Gasteiger partial charge in [0.1, 0.15) is 0 Å². The summed E-state index contributed by atoms with van der Waals surface area (Å²) in [4.78, 5) is 15.6. The maximum absolute atomic E-state index is 12.6. The molecule has 3 aromatic rings. The number of anilines is 1. The lowest BCUT2D eigenvalue weighted by Crippen LogP contribution is -2.42. The predicted molar refractivity (Wildman–Crippen MR) is 103 cm³/mol. The van der Waals surface area contributed by atoms with E-state index >= 15 is 0 Å². The number of hydrogen-bond acceptors (Lipinski definition) is 6. The molecule has 136 valence electrons. The highest BCUT2D eigenvalue weighted by atomic mass is 32.1. The Labute approximate surface area is 156 Å². The van der Waals surface area contributed by atoms with Crippen LogP contribution in [0.3, 0.4) is 0 Å². The molecule has 1 N–H and O–H groups in total. The van der Waals surface area contributed by atoms with E-state index in [2.05, 4.69) is 22.4 Å². The van der Waals surface area contributed by atoms with Gasteiger partial charge in [-0.1, -0.05) is 31.2 Å². The Morgan fingerprint density at radius 1 is 1.23 bits per heavy atom. The van der Waals surface area contributed by atoms with E-state index in [1.807, 2.05) is 59.7 Å². The van der Waals surface area contributed by atoms with Crippen molar-refractivity contribution in [1.82, 2.24) is 15.1 Å². The number of carbonyl (C=O) groups excluding carboxylic acids is 1. The molecule has 0 aliphatic rings. The molecule has 26 heavy (non-hydrogen) atoms. The number of hydrogen-bond donors (Lipinski definition) is 1. The van der Waals surface area contributed by atoms with Crippen molar-refractivity contribution in [3.63, 3.8) is 0 Å². The van der Waals surface area contributed by atoms with Crippen molar-refractivity contribution in [2.24, 2.45) is 0 Å². The van der Waals surface area contributed by atoms with Crippen molar-refractivity contribution in [2.75, 3.05) is 11.9 Å². The van der Waals surface area contributed by atoms with Gasteiger partial charge in [-0.3, -0.25) is 9.69 Å². The van der Waals surface area contributed by atoms with Gasteiger partial charge < -0.3 is 9.73 Å². The smallest absolute Gasteiger partial charge is 0.257 e. The molecule has 2 aromatic heterocycles. The lowest BCUT2D eigenvalue weighted by atomic mass is 10.2. The van der Waals surface area contributed by atoms with E-state index in [0.717, 1.165) is 23.5 Å². The molecule has 0 radical (unpaired) electrons. The van der Waals surface area contributed by atoms with Crippen LogP contribution in [0.1, 0.15) is 26.2 Å². The SMILES string of the molecule is CCCN(Cc1nnc(-c2cccs2)o1)[C@@H](C)C(=O)Nc1ccccc1. The molecule has 0 aliphatic heterocycles. The van der Waals surface area contributed by atoms with Crippen LogP contribution >= 0.6 is 11.3 Å². The zero-order valence-corrected chi connectivity index (χ0v) is 15.7. The van der Waals surface area contributed by atoms with Gasteiger partial charge in [-0.15, -0.1) is 21.5 Å². The summed E-state index contributed by atoms with van der Waals surface area (Å²) < 4.78 is 5.77. The third-order valence-corrected chi connectivity index (χ3v) is 4.87. The topological polar surface area (TPSA) is 71.3 Å². The van der Waals surface area contributed by atoms with Crippen LogP contribution in [0.2, 0.25) is 0 Å². The number of benzene rings is 1. The molecule has 6 nitrogen and oxygen atoms in total. The molecule has 0 saturated carbocycles. The second kappa shape index (κ2) is 8.73. The Morgan fingerprint density at radius 2 is 2.04 bits per heavy atom. The van der Waals surface area contributed by atoms with Crippen LogP contribution in [0.5, 0.6) is 0 Å². The van der Waals surface area contributed by atoms with Gasteiger partial charge in [0.15, 0.2) is 0 Å². The third-order valence-electron chi connectivity index (χ3n) is 4.02. The van der Waals surface area contributed by atoms with E-state index < -0.39 is 0 Å². The quantitative estimate of drug-likeness (QED) is 0.648. The normalized spacial score (nSPS) is 12.3. The van der Waals surface area contributed by atoms with Gasteiger partial charge in [-0.25, -0.2) is 0 Å². The number of rotatable bonds is 8. The molecular formula is C19H22N4O2S. The van der Waals surface area contributed by atoms with Crippen molar-refractivity contribution in [1.29, 1.82) is 0 Å². The Bertz CT molecular complexity index is 817. The number of carbonyl (C=O) groups is 1. The molecule has 0 bridgehead atoms. The molecule has 0 saturated heterocycles. The van der Waals surface area contributed by atoms with Crippen molar-refractivity contribution < 1.29 is 9.21 Å². The molecule has 0 spiro atoms. The van der Waals surface area contributed by atoms with Crippen LogP contribution in [-0.4, -0.2) is 33.6 Å². The van der Waals surface area contributed by atoms with Crippen LogP contribution in [0.15, 0.2) is 52.3 Å². The van der Waals surface area contributed by atoms with Crippen molar-refractivity contribution in [3.8, 4) is 10.8 Å². The van der Waals surface area contributed by atoms with Crippen molar-refractivity contribution in [2.45, 2.75) is 32.9 Å². The molecule has 1 atom stereocenters. The van der Waals surface area contributed by atoms with Crippen LogP contribution in [-0.2, 0) is 11.3 Å². The molecule has 0 fully saturated rings. The Morgan fingerprint density at radius 3 is 2.73 bits per heavy atom. The minimum atomic E-state index is -0.313. The second-order valence-electron chi connectivity index (χ2n) is 5.98. The van der Waals surface area contributed by atoms with Gasteiger partial charge in [0.2, 0.25) is 11.8 Å². The van der Waals surface area contributed by atoms with Crippen molar-refractivity contribution >= 4 is 22.9 Å². The summed E-state index contributed by atoms with van der Waals surface area (Å²) in [5.41, 5.74) is 0.790. The Balaban J connectivity index is 1.67. The minimum Gasteiger partial charge on any atom is -0.419 e. The van der Waals surface area contributed by atoms with Gasteiger partial charge in [-0.2, -0.15) is 0 Å². The summed E-state index contributed by atoms with van der Waals surface area (Å²) in [6, 6.07) is 13.0. The Kier molecular flexibility index (Phi) is 6.14. The number of para-hydroxylation sites is 1. The van der Waals surface area contributed by atoms with Crippen LogP contribution in [0, 0.1) is 0 Å². The van der Waals surface area contributed by atoms with E-state index in [0.29, 0.717) is 18.3 Å². The number of amides is 1. The van der Waals surface area contributed by atoms with Gasteiger partial charge >= 0.3 is 0 Å². The lowest BCUT2D eigenvalue weighted by molar-refractivity contribution is -0.121. The van der Waals surface area contributed by atoms with Crippen LogP contribution in [0.4, 0.5) is 5.69 Å². The first-order valence-corrected chi connectivity index (χ1v) is 9.51. The van der Waals surface area contributed by atoms with Gasteiger partial charge in [0.05, 0.1) is 17.5 Å². The Hall–Kier alpha value is -2.51. The zero-order chi connectivity index (χ0) is 18.4. The summed E-state index contributed by atoms with van der Waals surface area (Å²) >= 11 is 1.56. The standard InChI is InChI=1S/C19H22N4O2S/c1-3-11-23(14(2)18(24)20-15-8-5-4-6-9-15)13-17-21-22-19(25-17)16-10-7-12-26-16/h4-10,12,14H,3,11,13H2,1-2H3,(H,20,24)/t14-/m0/s1. The molecule has 1 aromatic carbocycles. The van der Waals surface area contributed by atoms with Gasteiger partial charge in [0.25, 0.3) is 5.89 Å². The van der Waals surface area contributed by atoms with E-state index in [9.17, 15) is 4.79 Å². The first-order valence-electron chi connectivity index (χ1n) is 8.63. The summed E-state index contributed by atoms with van der Waals surface area (Å²) in [7, 11) is 0. The van der Waals surface area contributed by atoms with Gasteiger partial charge in [0, 0.05) is 5.69 Å². The predicted octanol–water partition coefficient (Wildman–Crippen LogP) is 4.04. The van der Waals surface area contributed by atoms with E-state index in [-0.39, 0.29) is 11.9 Å². The number of aromatic nitrogens is 2. The highest BCUT2D eigenvalue weighted by molar-refractivity contribution is 7.13. The molecule has 0 aliphatic carbocycles. The average molecular weight is 370 g/mol. The van der Waals surface area contributed by atoms with Crippen LogP contribution in [0.25, 0.3) is 10.8 Å². The van der Waals surface area contributed by atoms with E-state index in [1.165, 1.54) is 0 Å². The minimum absolute atomic E-state index is 0.0531. The molecule has 0 unspecified atom stereocenters. The average Bonchev–Trinajstić information content (AvgIpc) is 3.33. The summed E-state index contributed by atoms with van der Waals surface area (Å²) in [5.74, 6) is 0.983. The summed E-state index contributed by atoms with van der Waals surface area (Å²) in [6.45, 7) is 5.18. The van der Waals surface area contributed by atoms with E-state index in [4.69, 9.17) is 4.42 Å². The fourth-order valence-electron chi connectivity index (χ4n) is 2.62. The largest absolute Gasteiger partial charge is 0.419 e. The molecule has 3 rings (SSSR count). The molecule has 7 heteroatoms. The maximum Gasteiger partial charge on any atom is 0.257 e. The molecule has 2 heterocycles. The summed E-state index contributed by atoms with van der Waals surface area (Å²) in [6.07, 6.45) is 0.925. The number of nitrogens with one attached hydrogen (secondary N) is 1. The fraction of sp³-hybridized carbons (Fsp3) is 0.316. The third kappa shape index (κ3) is 4.56. The zero-order valence-electron chi connectivity index (χ0n) is 14.9. The van der Waals surface area contributed by atoms with Gasteiger partial charge in [-0.05, 0) is 43.5 Å². The summed E-state index contributed by atoms with van der Waals surface area (Å²) in [5, 5.41) is 13.2. The van der Waals surface area contributed by atoms with Crippen LogP contribution < -0.4 is 5.32 Å². The first-order chi connectivity index (χ1) is 12.7. The highest BCUT2D eigenvalue weighted by Crippen LogP contribution is 2.23. The molecule has 1 amide bonds. The lowest BCUT2D eigenvalue weighted by Gasteiger charge is -2.26. The fourth-order valence-corrected chi connectivity index (χ4v) is 3.27. The van der Waals surface area contributed by atoms with E-state index in [1.54, 1.807) is 11.3 Å². The monoisotopic (exact) mass is 370 g/mol.